The number of amides is 1. The summed E-state index contributed by atoms with van der Waals surface area (Å²) in [5, 5.41) is 2.51. The molecule has 5 nitrogen and oxygen atoms in total. The molecule has 0 fully saturated rings. The van der Waals surface area contributed by atoms with E-state index in [9.17, 15) is 22.0 Å². The van der Waals surface area contributed by atoms with Crippen molar-refractivity contribution in [2.75, 3.05) is 6.54 Å². The van der Waals surface area contributed by atoms with Gasteiger partial charge in [-0.05, 0) is 48.4 Å². The molecule has 0 aromatic heterocycles. The van der Waals surface area contributed by atoms with Gasteiger partial charge in [0.15, 0.2) is 0 Å². The van der Waals surface area contributed by atoms with Crippen LogP contribution in [0, 0.1) is 18.6 Å². The Labute approximate surface area is 138 Å². The second-order valence-electron chi connectivity index (χ2n) is 5.14. The SMILES string of the molecule is Cc1cc(S(=O)(=O)NCC(=O)NCc2ccc(F)cc2)ccc1F. The van der Waals surface area contributed by atoms with Gasteiger partial charge in [-0.1, -0.05) is 12.1 Å². The maximum Gasteiger partial charge on any atom is 0.241 e. The number of carbonyl (C=O) groups excluding carboxylic acids is 1. The molecule has 0 aliphatic rings. The maximum absolute atomic E-state index is 13.2. The highest BCUT2D eigenvalue weighted by atomic mass is 32.2. The molecule has 2 aromatic rings. The first-order chi connectivity index (χ1) is 11.3. The van der Waals surface area contributed by atoms with E-state index in [1.54, 1.807) is 0 Å². The third-order valence-corrected chi connectivity index (χ3v) is 4.66. The molecule has 0 heterocycles. The fourth-order valence-electron chi connectivity index (χ4n) is 1.89. The summed E-state index contributed by atoms with van der Waals surface area (Å²) in [6.45, 7) is 1.14. The van der Waals surface area contributed by atoms with Crippen molar-refractivity contribution in [2.45, 2.75) is 18.4 Å². The second-order valence-corrected chi connectivity index (χ2v) is 6.91. The van der Waals surface area contributed by atoms with E-state index < -0.39 is 28.3 Å². The Bertz CT molecular complexity index is 837. The van der Waals surface area contributed by atoms with Gasteiger partial charge in [-0.3, -0.25) is 4.79 Å². The molecule has 0 saturated carbocycles. The lowest BCUT2D eigenvalue weighted by Crippen LogP contribution is -2.36. The Morgan fingerprint density at radius 3 is 2.38 bits per heavy atom. The van der Waals surface area contributed by atoms with Gasteiger partial charge >= 0.3 is 0 Å². The number of rotatable bonds is 6. The van der Waals surface area contributed by atoms with Crippen LogP contribution < -0.4 is 10.0 Å². The van der Waals surface area contributed by atoms with Crippen LogP contribution in [0.25, 0.3) is 0 Å². The van der Waals surface area contributed by atoms with E-state index in [4.69, 9.17) is 0 Å². The first-order valence-corrected chi connectivity index (χ1v) is 8.53. The number of hydrogen-bond acceptors (Lipinski definition) is 3. The normalized spacial score (nSPS) is 11.3. The van der Waals surface area contributed by atoms with Gasteiger partial charge in [0.25, 0.3) is 0 Å². The lowest BCUT2D eigenvalue weighted by molar-refractivity contribution is -0.120. The van der Waals surface area contributed by atoms with Crippen LogP contribution in [-0.4, -0.2) is 20.9 Å². The van der Waals surface area contributed by atoms with Gasteiger partial charge in [0.2, 0.25) is 15.9 Å². The molecule has 24 heavy (non-hydrogen) atoms. The number of halogens is 2. The van der Waals surface area contributed by atoms with Gasteiger partial charge in [0, 0.05) is 6.54 Å². The third-order valence-electron chi connectivity index (χ3n) is 3.27. The summed E-state index contributed by atoms with van der Waals surface area (Å²) in [6.07, 6.45) is 0. The predicted octanol–water partition coefficient (Wildman–Crippen LogP) is 1.87. The van der Waals surface area contributed by atoms with Gasteiger partial charge < -0.3 is 5.32 Å². The van der Waals surface area contributed by atoms with Crippen LogP contribution in [0.3, 0.4) is 0 Å². The quantitative estimate of drug-likeness (QED) is 0.832. The Morgan fingerprint density at radius 2 is 1.75 bits per heavy atom. The van der Waals surface area contributed by atoms with Crippen molar-refractivity contribution in [1.82, 2.24) is 10.0 Å². The molecule has 0 radical (unpaired) electrons. The van der Waals surface area contributed by atoms with Crippen molar-refractivity contribution >= 4 is 15.9 Å². The van der Waals surface area contributed by atoms with E-state index in [-0.39, 0.29) is 22.8 Å². The number of sulfonamides is 1. The summed E-state index contributed by atoms with van der Waals surface area (Å²) in [5.74, 6) is -1.43. The number of benzene rings is 2. The molecule has 0 unspecified atom stereocenters. The standard InChI is InChI=1S/C16H16F2N2O3S/c1-11-8-14(6-7-15(11)18)24(22,23)20-10-16(21)19-9-12-2-4-13(17)5-3-12/h2-8,20H,9-10H2,1H3,(H,19,21). The minimum absolute atomic E-state index is 0.118. The topological polar surface area (TPSA) is 75.3 Å². The van der Waals surface area contributed by atoms with Crippen molar-refractivity contribution in [3.05, 3.63) is 65.2 Å². The lowest BCUT2D eigenvalue weighted by Gasteiger charge is -2.09. The molecule has 0 saturated heterocycles. The number of aryl methyl sites for hydroxylation is 1. The average molecular weight is 354 g/mol. The zero-order valence-electron chi connectivity index (χ0n) is 12.8. The third kappa shape index (κ3) is 4.84. The van der Waals surface area contributed by atoms with E-state index in [1.807, 2.05) is 0 Å². The van der Waals surface area contributed by atoms with E-state index in [0.717, 1.165) is 12.1 Å². The van der Waals surface area contributed by atoms with E-state index in [0.29, 0.717) is 5.56 Å². The van der Waals surface area contributed by atoms with Crippen LogP contribution in [0.15, 0.2) is 47.4 Å². The first-order valence-electron chi connectivity index (χ1n) is 7.05. The average Bonchev–Trinajstić information content (AvgIpc) is 2.55. The van der Waals surface area contributed by atoms with Gasteiger partial charge in [0.1, 0.15) is 11.6 Å². The van der Waals surface area contributed by atoms with E-state index in [1.165, 1.54) is 37.3 Å². The molecule has 0 spiro atoms. The van der Waals surface area contributed by atoms with E-state index in [2.05, 4.69) is 10.0 Å². The molecule has 8 heteroatoms. The van der Waals surface area contributed by atoms with Crippen LogP contribution >= 0.6 is 0 Å². The second kappa shape index (κ2) is 7.50. The Kier molecular flexibility index (Phi) is 5.63. The van der Waals surface area contributed by atoms with Crippen molar-refractivity contribution < 1.29 is 22.0 Å². The van der Waals surface area contributed by atoms with E-state index >= 15 is 0 Å². The highest BCUT2D eigenvalue weighted by Gasteiger charge is 2.16. The van der Waals surface area contributed by atoms with Gasteiger partial charge in [-0.2, -0.15) is 0 Å². The highest BCUT2D eigenvalue weighted by Crippen LogP contribution is 2.13. The van der Waals surface area contributed by atoms with Crippen molar-refractivity contribution in [3.8, 4) is 0 Å². The number of nitrogens with one attached hydrogen (secondary N) is 2. The minimum Gasteiger partial charge on any atom is -0.351 e. The Balaban J connectivity index is 1.90. The molecule has 2 N–H and O–H groups in total. The van der Waals surface area contributed by atoms with Crippen LogP contribution in [0.4, 0.5) is 8.78 Å². The fourth-order valence-corrected chi connectivity index (χ4v) is 2.96. The Morgan fingerprint density at radius 1 is 1.08 bits per heavy atom. The lowest BCUT2D eigenvalue weighted by atomic mass is 10.2. The Hall–Kier alpha value is -2.32. The molecule has 128 valence electrons. The molecule has 0 aliphatic carbocycles. The predicted molar refractivity (Wildman–Crippen MR) is 84.6 cm³/mol. The highest BCUT2D eigenvalue weighted by molar-refractivity contribution is 7.89. The molecular weight excluding hydrogens is 338 g/mol. The van der Waals surface area contributed by atoms with Gasteiger partial charge in [-0.25, -0.2) is 21.9 Å². The summed E-state index contributed by atoms with van der Waals surface area (Å²) in [4.78, 5) is 11.6. The summed E-state index contributed by atoms with van der Waals surface area (Å²) in [5.41, 5.74) is 0.875. The van der Waals surface area contributed by atoms with Crippen LogP contribution in [-0.2, 0) is 21.4 Å². The molecule has 0 bridgehead atoms. The zero-order chi connectivity index (χ0) is 17.7. The maximum atomic E-state index is 13.2. The largest absolute Gasteiger partial charge is 0.351 e. The summed E-state index contributed by atoms with van der Waals surface area (Å²) < 4.78 is 52.2. The molecule has 0 aliphatic heterocycles. The smallest absolute Gasteiger partial charge is 0.241 e. The monoisotopic (exact) mass is 354 g/mol. The molecule has 2 rings (SSSR count). The zero-order valence-corrected chi connectivity index (χ0v) is 13.7. The van der Waals surface area contributed by atoms with Crippen molar-refractivity contribution in [2.24, 2.45) is 0 Å². The molecule has 1 amide bonds. The summed E-state index contributed by atoms with van der Waals surface area (Å²) >= 11 is 0. The summed E-state index contributed by atoms with van der Waals surface area (Å²) in [6, 6.07) is 8.93. The fraction of sp³-hybridized carbons (Fsp3) is 0.188. The van der Waals surface area contributed by atoms with Crippen LogP contribution in [0.1, 0.15) is 11.1 Å². The van der Waals surface area contributed by atoms with Crippen LogP contribution in [0.2, 0.25) is 0 Å². The molecular formula is C16H16F2N2O3S. The minimum atomic E-state index is -3.91. The number of carbonyl (C=O) groups is 1. The van der Waals surface area contributed by atoms with Gasteiger partial charge in [-0.15, -0.1) is 0 Å². The summed E-state index contributed by atoms with van der Waals surface area (Å²) in [7, 11) is -3.91. The molecule has 0 atom stereocenters. The first kappa shape index (κ1) is 18.0. The van der Waals surface area contributed by atoms with Crippen molar-refractivity contribution in [3.63, 3.8) is 0 Å². The van der Waals surface area contributed by atoms with Crippen LogP contribution in [0.5, 0.6) is 0 Å². The van der Waals surface area contributed by atoms with Gasteiger partial charge in [0.05, 0.1) is 11.4 Å². The number of hydrogen-bond donors (Lipinski definition) is 2. The molecule has 2 aromatic carbocycles. The van der Waals surface area contributed by atoms with Crippen molar-refractivity contribution in [1.29, 1.82) is 0 Å².